The van der Waals surface area contributed by atoms with Gasteiger partial charge in [0, 0.05) is 6.04 Å². The van der Waals surface area contributed by atoms with Crippen LogP contribution in [0.25, 0.3) is 0 Å². The maximum Gasteiger partial charge on any atom is 0.130 e. The average Bonchev–Trinajstić information content (AvgIpc) is 2.36. The van der Waals surface area contributed by atoms with Crippen LogP contribution in [0.1, 0.15) is 29.2 Å². The molecule has 0 radical (unpaired) electrons. The van der Waals surface area contributed by atoms with Gasteiger partial charge in [0.15, 0.2) is 0 Å². The van der Waals surface area contributed by atoms with Gasteiger partial charge in [-0.2, -0.15) is 0 Å². The highest BCUT2D eigenvalue weighted by Crippen LogP contribution is 2.29. The molecule has 2 aromatic rings. The summed E-state index contributed by atoms with van der Waals surface area (Å²) in [6.45, 7) is 8.24. The van der Waals surface area contributed by atoms with Crippen LogP contribution in [0.4, 0.5) is 0 Å². The van der Waals surface area contributed by atoms with Crippen molar-refractivity contribution in [1.29, 1.82) is 0 Å². The first-order chi connectivity index (χ1) is 9.45. The van der Waals surface area contributed by atoms with Crippen LogP contribution in [0.3, 0.4) is 0 Å². The van der Waals surface area contributed by atoms with Crippen molar-refractivity contribution in [1.82, 2.24) is 0 Å². The Bertz CT molecular complexity index is 602. The molecule has 2 N–H and O–H groups in total. The summed E-state index contributed by atoms with van der Waals surface area (Å²) >= 11 is 0. The first-order valence-corrected chi connectivity index (χ1v) is 7.06. The molecule has 1 unspecified atom stereocenters. The summed E-state index contributed by atoms with van der Waals surface area (Å²) in [7, 11) is 0. The van der Waals surface area contributed by atoms with E-state index < -0.39 is 0 Å². The van der Waals surface area contributed by atoms with Crippen molar-refractivity contribution < 1.29 is 4.74 Å². The monoisotopic (exact) mass is 269 g/mol. The molecule has 2 heteroatoms. The highest BCUT2D eigenvalue weighted by atomic mass is 16.5. The Labute approximate surface area is 121 Å². The van der Waals surface area contributed by atoms with E-state index in [2.05, 4.69) is 51.1 Å². The van der Waals surface area contributed by atoms with Gasteiger partial charge in [0.2, 0.25) is 0 Å². The predicted molar refractivity (Wildman–Crippen MR) is 84.5 cm³/mol. The zero-order valence-electron chi connectivity index (χ0n) is 12.7. The summed E-state index contributed by atoms with van der Waals surface area (Å²) < 4.78 is 6.05. The summed E-state index contributed by atoms with van der Waals surface area (Å²) in [5.74, 6) is 1.83. The molecule has 0 amide bonds. The molecule has 0 saturated heterocycles. The zero-order chi connectivity index (χ0) is 14.7. The molecule has 2 aromatic carbocycles. The molecule has 106 valence electrons. The van der Waals surface area contributed by atoms with E-state index in [1.165, 1.54) is 11.1 Å². The number of nitrogens with two attached hydrogens (primary N) is 1. The first kappa shape index (κ1) is 14.6. The van der Waals surface area contributed by atoms with Crippen LogP contribution in [0.15, 0.2) is 36.4 Å². The van der Waals surface area contributed by atoms with Crippen molar-refractivity contribution in [2.75, 3.05) is 0 Å². The number of hydrogen-bond donors (Lipinski definition) is 1. The second-order valence-corrected chi connectivity index (χ2v) is 5.65. The lowest BCUT2D eigenvalue weighted by atomic mass is 10.0. The summed E-state index contributed by atoms with van der Waals surface area (Å²) in [5.41, 5.74) is 10.6. The van der Waals surface area contributed by atoms with E-state index in [4.69, 9.17) is 10.5 Å². The Balaban J connectivity index is 2.23. The first-order valence-electron chi connectivity index (χ1n) is 7.06. The van der Waals surface area contributed by atoms with E-state index in [1.54, 1.807) is 0 Å². The Morgan fingerprint density at radius 2 is 1.70 bits per heavy atom. The normalized spacial score (nSPS) is 12.2. The molecule has 20 heavy (non-hydrogen) atoms. The minimum Gasteiger partial charge on any atom is -0.457 e. The third-order valence-corrected chi connectivity index (χ3v) is 3.36. The van der Waals surface area contributed by atoms with E-state index >= 15 is 0 Å². The fourth-order valence-electron chi connectivity index (χ4n) is 2.26. The molecule has 0 aliphatic rings. The smallest absolute Gasteiger partial charge is 0.130 e. The van der Waals surface area contributed by atoms with Crippen molar-refractivity contribution in [3.8, 4) is 11.5 Å². The SMILES string of the molecule is Cc1ccc(C)c(Oc2ccc(CC(C)N)cc2C)c1. The minimum atomic E-state index is 0.181. The van der Waals surface area contributed by atoms with Gasteiger partial charge in [0.1, 0.15) is 11.5 Å². The van der Waals surface area contributed by atoms with Crippen LogP contribution in [-0.4, -0.2) is 6.04 Å². The van der Waals surface area contributed by atoms with Gasteiger partial charge in [0.05, 0.1) is 0 Å². The molecule has 0 fully saturated rings. The molecule has 2 rings (SSSR count). The largest absolute Gasteiger partial charge is 0.457 e. The van der Waals surface area contributed by atoms with E-state index in [1.807, 2.05) is 13.0 Å². The molecular formula is C18H23NO. The molecule has 0 aromatic heterocycles. The third kappa shape index (κ3) is 3.61. The summed E-state index contributed by atoms with van der Waals surface area (Å²) in [6, 6.07) is 12.7. The van der Waals surface area contributed by atoms with Crippen molar-refractivity contribution >= 4 is 0 Å². The topological polar surface area (TPSA) is 35.2 Å². The molecule has 1 atom stereocenters. The standard InChI is InChI=1S/C18H23NO/c1-12-5-6-13(2)18(9-12)20-17-8-7-16(10-14(17)3)11-15(4)19/h5-10,15H,11,19H2,1-4H3. The van der Waals surface area contributed by atoms with Crippen molar-refractivity contribution in [2.45, 2.75) is 40.2 Å². The van der Waals surface area contributed by atoms with Gasteiger partial charge in [-0.25, -0.2) is 0 Å². The molecule has 0 aliphatic carbocycles. The summed E-state index contributed by atoms with van der Waals surface area (Å²) in [4.78, 5) is 0. The number of rotatable bonds is 4. The molecular weight excluding hydrogens is 246 g/mol. The van der Waals surface area contributed by atoms with Crippen molar-refractivity contribution in [2.24, 2.45) is 5.73 Å². The summed E-state index contributed by atoms with van der Waals surface area (Å²) in [6.07, 6.45) is 0.893. The average molecular weight is 269 g/mol. The zero-order valence-corrected chi connectivity index (χ0v) is 12.7. The van der Waals surface area contributed by atoms with Crippen LogP contribution >= 0.6 is 0 Å². The van der Waals surface area contributed by atoms with Crippen LogP contribution < -0.4 is 10.5 Å². The number of benzene rings is 2. The lowest BCUT2D eigenvalue weighted by Gasteiger charge is -2.13. The van der Waals surface area contributed by atoms with Gasteiger partial charge >= 0.3 is 0 Å². The van der Waals surface area contributed by atoms with Gasteiger partial charge in [-0.1, -0.05) is 24.3 Å². The molecule has 0 saturated carbocycles. The molecule has 2 nitrogen and oxygen atoms in total. The maximum atomic E-state index is 6.05. The minimum absolute atomic E-state index is 0.181. The Morgan fingerprint density at radius 3 is 2.35 bits per heavy atom. The summed E-state index contributed by atoms with van der Waals surface area (Å²) in [5, 5.41) is 0. The number of ether oxygens (including phenoxy) is 1. The molecule has 0 bridgehead atoms. The van der Waals surface area contributed by atoms with Crippen LogP contribution in [-0.2, 0) is 6.42 Å². The van der Waals surface area contributed by atoms with E-state index in [0.717, 1.165) is 29.0 Å². The molecule has 0 heterocycles. The fraction of sp³-hybridized carbons (Fsp3) is 0.333. The predicted octanol–water partition coefficient (Wildman–Crippen LogP) is 4.29. The van der Waals surface area contributed by atoms with Gasteiger partial charge < -0.3 is 10.5 Å². The lowest BCUT2D eigenvalue weighted by molar-refractivity contribution is 0.474. The second kappa shape index (κ2) is 6.10. The Hall–Kier alpha value is -1.80. The maximum absolute atomic E-state index is 6.05. The highest BCUT2D eigenvalue weighted by Gasteiger charge is 2.06. The van der Waals surface area contributed by atoms with Gasteiger partial charge in [-0.15, -0.1) is 0 Å². The number of aryl methyl sites for hydroxylation is 3. The fourth-order valence-corrected chi connectivity index (χ4v) is 2.26. The second-order valence-electron chi connectivity index (χ2n) is 5.65. The van der Waals surface area contributed by atoms with Crippen molar-refractivity contribution in [3.05, 3.63) is 58.7 Å². The van der Waals surface area contributed by atoms with E-state index in [9.17, 15) is 0 Å². The van der Waals surface area contributed by atoms with Crippen LogP contribution in [0, 0.1) is 20.8 Å². The quantitative estimate of drug-likeness (QED) is 0.898. The Kier molecular flexibility index (Phi) is 4.46. The molecule has 0 aliphatic heterocycles. The van der Waals surface area contributed by atoms with Crippen LogP contribution in [0.2, 0.25) is 0 Å². The van der Waals surface area contributed by atoms with Gasteiger partial charge in [-0.05, 0) is 68.5 Å². The highest BCUT2D eigenvalue weighted by molar-refractivity contribution is 5.43. The van der Waals surface area contributed by atoms with Crippen molar-refractivity contribution in [3.63, 3.8) is 0 Å². The van der Waals surface area contributed by atoms with E-state index in [0.29, 0.717) is 0 Å². The van der Waals surface area contributed by atoms with Gasteiger partial charge in [0.25, 0.3) is 0 Å². The van der Waals surface area contributed by atoms with E-state index in [-0.39, 0.29) is 6.04 Å². The third-order valence-electron chi connectivity index (χ3n) is 3.36. The molecule has 0 spiro atoms. The Morgan fingerprint density at radius 1 is 0.950 bits per heavy atom. The van der Waals surface area contributed by atoms with Crippen LogP contribution in [0.5, 0.6) is 11.5 Å². The van der Waals surface area contributed by atoms with Gasteiger partial charge in [-0.3, -0.25) is 0 Å². The number of hydrogen-bond acceptors (Lipinski definition) is 2. The lowest BCUT2D eigenvalue weighted by Crippen LogP contribution is -2.17.